The number of aromatic nitrogens is 6. The van der Waals surface area contributed by atoms with Crippen LogP contribution in [0, 0.1) is 5.82 Å². The van der Waals surface area contributed by atoms with E-state index in [1.165, 1.54) is 36.4 Å². The fraction of sp³-hybridized carbons (Fsp3) is 0.415. The van der Waals surface area contributed by atoms with Crippen LogP contribution in [0.3, 0.4) is 0 Å². The summed E-state index contributed by atoms with van der Waals surface area (Å²) in [6.07, 6.45) is 14.4. The van der Waals surface area contributed by atoms with Gasteiger partial charge in [0.05, 0.1) is 40.5 Å². The number of hydrogen-bond acceptors (Lipinski definition) is 6. The summed E-state index contributed by atoms with van der Waals surface area (Å²) in [7, 11) is 4.12. The van der Waals surface area contributed by atoms with Crippen LogP contribution >= 0.6 is 0 Å². The van der Waals surface area contributed by atoms with Crippen molar-refractivity contribution in [2.24, 2.45) is 14.1 Å². The molecule has 11 heteroatoms. The minimum Gasteiger partial charge on any atom is -0.369 e. The number of anilines is 1. The summed E-state index contributed by atoms with van der Waals surface area (Å²) in [5.74, 6) is 0.897. The van der Waals surface area contributed by atoms with Gasteiger partial charge < -0.3 is 23.9 Å². The van der Waals surface area contributed by atoms with E-state index in [1.807, 2.05) is 37.9 Å². The average molecular weight is 700 g/mol. The molecule has 4 aromatic heterocycles. The number of carbonyl (C=O) groups excluding carboxylic acids is 1. The molecule has 0 unspecified atom stereocenters. The summed E-state index contributed by atoms with van der Waals surface area (Å²) in [5, 5.41) is 4.61. The van der Waals surface area contributed by atoms with Crippen LogP contribution in [0.1, 0.15) is 72.6 Å². The number of benzene rings is 2. The van der Waals surface area contributed by atoms with E-state index >= 15 is 0 Å². The van der Waals surface area contributed by atoms with Crippen LogP contribution in [0.2, 0.25) is 0 Å². The zero-order valence-electron chi connectivity index (χ0n) is 30.1. The third-order valence-corrected chi connectivity index (χ3v) is 12.1. The van der Waals surface area contributed by atoms with Crippen molar-refractivity contribution in [3.05, 3.63) is 96.2 Å². The van der Waals surface area contributed by atoms with Crippen LogP contribution in [0.4, 0.5) is 10.1 Å². The van der Waals surface area contributed by atoms with Crippen molar-refractivity contribution in [1.29, 1.82) is 0 Å². The molecule has 3 aliphatic rings. The predicted octanol–water partition coefficient (Wildman–Crippen LogP) is 6.75. The molecule has 3 fully saturated rings. The number of carbonyl (C=O) groups is 1. The number of halogens is 1. The first kappa shape index (κ1) is 32.8. The standard InChI is InChI=1S/C41H46FN9O/c1-47-35-24-29(8-11-32(35)37(28-6-3-4-7-28)38(47)34-12-9-30(42)26-44-34)39(52)46-41(14-5-15-41)40-45-33-13-10-31(25-36(33)48(40)2)51-22-20-49(21-23-51)18-19-50-17-16-43-27-50/h8-13,16-17,24-28H,3-7,14-15,18-23H2,1-2H3,(H,46,52). The first-order valence-electron chi connectivity index (χ1n) is 18.8. The van der Waals surface area contributed by atoms with Crippen molar-refractivity contribution in [3.8, 4) is 11.4 Å². The molecule has 5 heterocycles. The first-order valence-corrected chi connectivity index (χ1v) is 18.8. The van der Waals surface area contributed by atoms with Gasteiger partial charge >= 0.3 is 0 Å². The minimum atomic E-state index is -0.521. The number of imidazole rings is 2. The third kappa shape index (κ3) is 5.75. The largest absolute Gasteiger partial charge is 0.369 e. The van der Waals surface area contributed by atoms with Crippen LogP contribution in [0.5, 0.6) is 0 Å². The summed E-state index contributed by atoms with van der Waals surface area (Å²) in [5.41, 5.74) is 7.39. The lowest BCUT2D eigenvalue weighted by Gasteiger charge is -2.41. The smallest absolute Gasteiger partial charge is 0.252 e. The molecule has 2 aromatic carbocycles. The molecule has 6 aromatic rings. The summed E-state index contributed by atoms with van der Waals surface area (Å²) in [4.78, 5) is 32.9. The van der Waals surface area contributed by atoms with Gasteiger partial charge in [0, 0.05) is 87.9 Å². The monoisotopic (exact) mass is 699 g/mol. The summed E-state index contributed by atoms with van der Waals surface area (Å²) < 4.78 is 20.3. The van der Waals surface area contributed by atoms with Gasteiger partial charge in [0.15, 0.2) is 0 Å². The van der Waals surface area contributed by atoms with E-state index in [9.17, 15) is 9.18 Å². The highest BCUT2D eigenvalue weighted by atomic mass is 19.1. The first-order chi connectivity index (χ1) is 25.4. The van der Waals surface area contributed by atoms with Crippen LogP contribution in [0.15, 0.2) is 73.4 Å². The molecular weight excluding hydrogens is 654 g/mol. The zero-order valence-corrected chi connectivity index (χ0v) is 30.1. The maximum absolute atomic E-state index is 14.1. The second-order valence-electron chi connectivity index (χ2n) is 15.1. The number of amides is 1. The lowest BCUT2D eigenvalue weighted by molar-refractivity contribution is 0.0805. The Morgan fingerprint density at radius 3 is 2.46 bits per heavy atom. The van der Waals surface area contributed by atoms with Gasteiger partial charge in [-0.25, -0.2) is 14.4 Å². The van der Waals surface area contributed by atoms with Crippen molar-refractivity contribution in [1.82, 2.24) is 38.9 Å². The molecule has 0 spiro atoms. The van der Waals surface area contributed by atoms with E-state index < -0.39 is 5.54 Å². The van der Waals surface area contributed by atoms with E-state index in [4.69, 9.17) is 4.98 Å². The summed E-state index contributed by atoms with van der Waals surface area (Å²) in [6.45, 7) is 6.00. The summed E-state index contributed by atoms with van der Waals surface area (Å²) in [6, 6.07) is 15.9. The van der Waals surface area contributed by atoms with Crippen molar-refractivity contribution in [2.45, 2.75) is 62.9 Å². The van der Waals surface area contributed by atoms with E-state index in [1.54, 1.807) is 6.07 Å². The van der Waals surface area contributed by atoms with Gasteiger partial charge in [0.2, 0.25) is 0 Å². The number of piperazine rings is 1. The lowest BCUT2D eigenvalue weighted by Crippen LogP contribution is -2.52. The highest BCUT2D eigenvalue weighted by molar-refractivity contribution is 6.01. The Bertz CT molecular complexity index is 2240. The van der Waals surface area contributed by atoms with Crippen LogP contribution in [-0.2, 0) is 26.2 Å². The van der Waals surface area contributed by atoms with Crippen LogP contribution in [0.25, 0.3) is 33.3 Å². The van der Waals surface area contributed by atoms with E-state index in [0.717, 1.165) is 111 Å². The zero-order chi connectivity index (χ0) is 35.4. The normalized spacial score (nSPS) is 18.0. The molecule has 52 heavy (non-hydrogen) atoms. The van der Waals surface area contributed by atoms with E-state index in [2.05, 4.69) is 70.1 Å². The van der Waals surface area contributed by atoms with Gasteiger partial charge in [-0.15, -0.1) is 0 Å². The highest BCUT2D eigenvalue weighted by Gasteiger charge is 2.44. The van der Waals surface area contributed by atoms with Crippen LogP contribution in [-0.4, -0.2) is 72.2 Å². The quantitative estimate of drug-likeness (QED) is 0.180. The fourth-order valence-electron chi connectivity index (χ4n) is 8.99. The van der Waals surface area contributed by atoms with Crippen molar-refractivity contribution in [3.63, 3.8) is 0 Å². The Labute approximate surface area is 303 Å². The Morgan fingerprint density at radius 2 is 1.75 bits per heavy atom. The Hall–Kier alpha value is -5.03. The number of fused-ring (bicyclic) bond motifs is 2. The molecule has 1 N–H and O–H groups in total. The highest BCUT2D eigenvalue weighted by Crippen LogP contribution is 2.45. The molecule has 9 rings (SSSR count). The molecular formula is C41H46FN9O. The van der Waals surface area contributed by atoms with Crippen molar-refractivity contribution >= 4 is 33.5 Å². The molecule has 268 valence electrons. The average Bonchev–Trinajstić information content (AvgIpc) is 3.97. The molecule has 1 amide bonds. The number of pyridine rings is 1. The van der Waals surface area contributed by atoms with Gasteiger partial charge in [-0.3, -0.25) is 14.7 Å². The number of aryl methyl sites for hydroxylation is 2. The second-order valence-corrected chi connectivity index (χ2v) is 15.1. The molecule has 2 aliphatic carbocycles. The maximum Gasteiger partial charge on any atom is 0.252 e. The van der Waals surface area contributed by atoms with Crippen molar-refractivity contribution < 1.29 is 9.18 Å². The molecule has 0 atom stereocenters. The SMILES string of the molecule is Cn1c(C2(NC(=O)c3ccc4c(C5CCCC5)c(-c5ccc(F)cn5)n(C)c4c3)CCC2)nc2ccc(N3CCN(CCn4ccnc4)CC3)cc21. The molecule has 0 bridgehead atoms. The number of nitrogens with one attached hydrogen (secondary N) is 1. The predicted molar refractivity (Wildman–Crippen MR) is 202 cm³/mol. The topological polar surface area (TPSA) is 89.0 Å². The Morgan fingerprint density at radius 1 is 0.923 bits per heavy atom. The van der Waals surface area contributed by atoms with Gasteiger partial charge in [0.25, 0.3) is 5.91 Å². The molecule has 2 saturated carbocycles. The number of rotatable bonds is 9. The third-order valence-electron chi connectivity index (χ3n) is 12.1. The Kier molecular flexibility index (Phi) is 8.33. The molecule has 0 radical (unpaired) electrons. The van der Waals surface area contributed by atoms with Gasteiger partial charge in [-0.05, 0) is 86.1 Å². The fourth-order valence-corrected chi connectivity index (χ4v) is 8.99. The van der Waals surface area contributed by atoms with Crippen LogP contribution < -0.4 is 10.2 Å². The maximum atomic E-state index is 14.1. The number of hydrogen-bond donors (Lipinski definition) is 1. The minimum absolute atomic E-state index is 0.0923. The van der Waals surface area contributed by atoms with E-state index in [0.29, 0.717) is 11.5 Å². The van der Waals surface area contributed by atoms with E-state index in [-0.39, 0.29) is 11.7 Å². The molecule has 1 saturated heterocycles. The Balaban J connectivity index is 0.960. The van der Waals surface area contributed by atoms with Crippen molar-refractivity contribution in [2.75, 3.05) is 37.6 Å². The molecule has 1 aliphatic heterocycles. The second kappa shape index (κ2) is 13.2. The van der Waals surface area contributed by atoms with Gasteiger partial charge in [0.1, 0.15) is 11.6 Å². The lowest BCUT2D eigenvalue weighted by atomic mass is 9.75. The molecule has 10 nitrogen and oxygen atoms in total. The van der Waals surface area contributed by atoms with Gasteiger partial charge in [-0.2, -0.15) is 0 Å². The summed E-state index contributed by atoms with van der Waals surface area (Å²) >= 11 is 0. The number of nitrogens with zero attached hydrogens (tertiary/aromatic N) is 8. The van der Waals surface area contributed by atoms with Gasteiger partial charge in [-0.1, -0.05) is 18.9 Å².